The van der Waals surface area contributed by atoms with Gasteiger partial charge in [-0.05, 0) is 48.7 Å². The van der Waals surface area contributed by atoms with Crippen LogP contribution in [-0.2, 0) is 11.2 Å². The summed E-state index contributed by atoms with van der Waals surface area (Å²) >= 11 is 12.0. The van der Waals surface area contributed by atoms with Gasteiger partial charge >= 0.3 is 0 Å². The Morgan fingerprint density at radius 2 is 1.66 bits per heavy atom. The SMILES string of the molecule is O=C(CNc1ccccc1OCCCc1ccccc1)Nc1cc(Cl)ccc1Cl. The normalized spacial score (nSPS) is 10.4. The molecule has 29 heavy (non-hydrogen) atoms. The first kappa shape index (κ1) is 21.0. The molecule has 3 aromatic rings. The first-order valence-corrected chi connectivity index (χ1v) is 10.1. The van der Waals surface area contributed by atoms with Crippen LogP contribution in [0.3, 0.4) is 0 Å². The highest BCUT2D eigenvalue weighted by atomic mass is 35.5. The largest absolute Gasteiger partial charge is 0.491 e. The van der Waals surface area contributed by atoms with Gasteiger partial charge in [0.15, 0.2) is 0 Å². The van der Waals surface area contributed by atoms with E-state index >= 15 is 0 Å². The van der Waals surface area contributed by atoms with Gasteiger partial charge in [0.05, 0.1) is 29.5 Å². The van der Waals surface area contributed by atoms with Gasteiger partial charge in [-0.25, -0.2) is 0 Å². The van der Waals surface area contributed by atoms with Crippen LogP contribution in [0.15, 0.2) is 72.8 Å². The van der Waals surface area contributed by atoms with Crippen LogP contribution >= 0.6 is 23.2 Å². The Morgan fingerprint density at radius 3 is 2.48 bits per heavy atom. The van der Waals surface area contributed by atoms with Crippen molar-refractivity contribution < 1.29 is 9.53 Å². The van der Waals surface area contributed by atoms with Crippen molar-refractivity contribution in [3.8, 4) is 5.75 Å². The van der Waals surface area contributed by atoms with E-state index in [2.05, 4.69) is 22.8 Å². The third kappa shape index (κ3) is 6.70. The summed E-state index contributed by atoms with van der Waals surface area (Å²) in [5.41, 5.74) is 2.54. The second-order valence-electron chi connectivity index (χ2n) is 6.46. The number of halogens is 2. The Morgan fingerprint density at radius 1 is 0.897 bits per heavy atom. The van der Waals surface area contributed by atoms with Gasteiger partial charge < -0.3 is 15.4 Å². The fourth-order valence-electron chi connectivity index (χ4n) is 2.80. The number of para-hydroxylation sites is 2. The van der Waals surface area contributed by atoms with Crippen molar-refractivity contribution in [3.05, 3.63) is 88.4 Å². The number of carbonyl (C=O) groups is 1. The number of amides is 1. The van der Waals surface area contributed by atoms with Crippen molar-refractivity contribution in [2.45, 2.75) is 12.8 Å². The molecule has 1 amide bonds. The van der Waals surface area contributed by atoms with Gasteiger partial charge in [-0.1, -0.05) is 65.7 Å². The molecule has 0 saturated heterocycles. The summed E-state index contributed by atoms with van der Waals surface area (Å²) in [4.78, 5) is 12.3. The molecule has 6 heteroatoms. The minimum Gasteiger partial charge on any atom is -0.491 e. The van der Waals surface area contributed by atoms with Crippen LogP contribution in [0.5, 0.6) is 5.75 Å². The van der Waals surface area contributed by atoms with E-state index in [1.54, 1.807) is 18.2 Å². The number of rotatable bonds is 9. The van der Waals surface area contributed by atoms with Crippen molar-refractivity contribution in [1.82, 2.24) is 0 Å². The van der Waals surface area contributed by atoms with E-state index < -0.39 is 0 Å². The van der Waals surface area contributed by atoms with Crippen LogP contribution in [0, 0.1) is 0 Å². The van der Waals surface area contributed by atoms with Crippen LogP contribution < -0.4 is 15.4 Å². The molecule has 0 heterocycles. The number of carbonyl (C=O) groups excluding carboxylic acids is 1. The second kappa shape index (κ2) is 10.7. The summed E-state index contributed by atoms with van der Waals surface area (Å²) in [6.07, 6.45) is 1.87. The van der Waals surface area contributed by atoms with E-state index in [0.717, 1.165) is 18.5 Å². The van der Waals surface area contributed by atoms with E-state index in [1.807, 2.05) is 42.5 Å². The molecule has 0 atom stereocenters. The van der Waals surface area contributed by atoms with Gasteiger partial charge in [-0.15, -0.1) is 0 Å². The lowest BCUT2D eigenvalue weighted by Gasteiger charge is -2.14. The molecule has 0 spiro atoms. The van der Waals surface area contributed by atoms with Gasteiger partial charge in [0, 0.05) is 5.02 Å². The van der Waals surface area contributed by atoms with Crippen molar-refractivity contribution >= 4 is 40.5 Å². The number of hydrogen-bond donors (Lipinski definition) is 2. The third-order valence-corrected chi connectivity index (χ3v) is 4.80. The average molecular weight is 429 g/mol. The summed E-state index contributed by atoms with van der Waals surface area (Å²) in [7, 11) is 0. The van der Waals surface area contributed by atoms with E-state index in [0.29, 0.717) is 28.1 Å². The lowest BCUT2D eigenvalue weighted by Crippen LogP contribution is -2.22. The molecule has 0 aromatic heterocycles. The van der Waals surface area contributed by atoms with Crippen molar-refractivity contribution in [1.29, 1.82) is 0 Å². The van der Waals surface area contributed by atoms with Crippen molar-refractivity contribution in [2.75, 3.05) is 23.8 Å². The van der Waals surface area contributed by atoms with E-state index in [-0.39, 0.29) is 12.5 Å². The molecule has 4 nitrogen and oxygen atoms in total. The van der Waals surface area contributed by atoms with Crippen molar-refractivity contribution in [3.63, 3.8) is 0 Å². The smallest absolute Gasteiger partial charge is 0.243 e. The summed E-state index contributed by atoms with van der Waals surface area (Å²) in [6.45, 7) is 0.672. The molecule has 150 valence electrons. The summed E-state index contributed by atoms with van der Waals surface area (Å²) in [5, 5.41) is 6.81. The molecule has 0 aliphatic heterocycles. The molecule has 0 aliphatic rings. The number of ether oxygens (including phenoxy) is 1. The van der Waals surface area contributed by atoms with Crippen LogP contribution in [0.4, 0.5) is 11.4 Å². The highest BCUT2D eigenvalue weighted by molar-refractivity contribution is 6.35. The molecule has 0 saturated carbocycles. The Bertz CT molecular complexity index is 949. The van der Waals surface area contributed by atoms with Crippen LogP contribution in [0.1, 0.15) is 12.0 Å². The number of anilines is 2. The maximum Gasteiger partial charge on any atom is 0.243 e. The molecular formula is C23H22Cl2N2O2. The lowest BCUT2D eigenvalue weighted by atomic mass is 10.1. The quantitative estimate of drug-likeness (QED) is 0.407. The highest BCUT2D eigenvalue weighted by Gasteiger charge is 2.09. The van der Waals surface area contributed by atoms with Crippen molar-refractivity contribution in [2.24, 2.45) is 0 Å². The summed E-state index contributed by atoms with van der Waals surface area (Å²) in [5.74, 6) is 0.488. The standard InChI is InChI=1S/C23H22Cl2N2O2/c24-18-12-13-19(25)21(15-18)27-23(28)16-26-20-10-4-5-11-22(20)29-14-6-9-17-7-2-1-3-8-17/h1-5,7-8,10-13,15,26H,6,9,14,16H2,(H,27,28). The van der Waals surface area contributed by atoms with E-state index in [1.165, 1.54) is 5.56 Å². The van der Waals surface area contributed by atoms with Gasteiger partial charge in [0.1, 0.15) is 5.75 Å². The number of aryl methyl sites for hydroxylation is 1. The fourth-order valence-corrected chi connectivity index (χ4v) is 3.14. The molecule has 0 radical (unpaired) electrons. The third-order valence-electron chi connectivity index (χ3n) is 4.24. The molecule has 3 rings (SSSR count). The van der Waals surface area contributed by atoms with E-state index in [4.69, 9.17) is 27.9 Å². The first-order valence-electron chi connectivity index (χ1n) is 9.36. The topological polar surface area (TPSA) is 50.4 Å². The maximum atomic E-state index is 12.3. The molecule has 2 N–H and O–H groups in total. The molecule has 0 bridgehead atoms. The Kier molecular flexibility index (Phi) is 7.79. The average Bonchev–Trinajstić information content (AvgIpc) is 2.74. The van der Waals surface area contributed by atoms with Gasteiger partial charge in [0.2, 0.25) is 5.91 Å². The van der Waals surface area contributed by atoms with Crippen LogP contribution in [0.2, 0.25) is 10.0 Å². The number of hydrogen-bond acceptors (Lipinski definition) is 3. The molecule has 0 unspecified atom stereocenters. The Labute approximate surface area is 180 Å². The van der Waals surface area contributed by atoms with E-state index in [9.17, 15) is 4.79 Å². The maximum absolute atomic E-state index is 12.3. The number of nitrogens with one attached hydrogen (secondary N) is 2. The summed E-state index contributed by atoms with van der Waals surface area (Å²) in [6, 6.07) is 22.8. The lowest BCUT2D eigenvalue weighted by molar-refractivity contribution is -0.114. The van der Waals surface area contributed by atoms with Gasteiger partial charge in [-0.2, -0.15) is 0 Å². The monoisotopic (exact) mass is 428 g/mol. The van der Waals surface area contributed by atoms with Crippen LogP contribution in [-0.4, -0.2) is 19.1 Å². The van der Waals surface area contributed by atoms with Gasteiger partial charge in [0.25, 0.3) is 0 Å². The second-order valence-corrected chi connectivity index (χ2v) is 7.30. The summed E-state index contributed by atoms with van der Waals surface area (Å²) < 4.78 is 5.91. The molecule has 3 aromatic carbocycles. The first-order chi connectivity index (χ1) is 14.1. The zero-order valence-corrected chi connectivity index (χ0v) is 17.3. The zero-order valence-electron chi connectivity index (χ0n) is 15.8. The molecule has 0 aliphatic carbocycles. The fraction of sp³-hybridized carbons (Fsp3) is 0.174. The highest BCUT2D eigenvalue weighted by Crippen LogP contribution is 2.26. The number of benzene rings is 3. The minimum absolute atomic E-state index is 0.0766. The molecular weight excluding hydrogens is 407 g/mol. The molecule has 0 fully saturated rings. The predicted octanol–water partition coefficient (Wildman–Crippen LogP) is 6.06. The minimum atomic E-state index is -0.229. The Hall–Kier alpha value is -2.69. The zero-order chi connectivity index (χ0) is 20.5. The Balaban J connectivity index is 1.49. The predicted molar refractivity (Wildman–Crippen MR) is 120 cm³/mol. The van der Waals surface area contributed by atoms with Crippen LogP contribution in [0.25, 0.3) is 0 Å². The van der Waals surface area contributed by atoms with Gasteiger partial charge in [-0.3, -0.25) is 4.79 Å².